The molecule has 2 aromatic heterocycles. The van der Waals surface area contributed by atoms with Gasteiger partial charge >= 0.3 is 0 Å². The predicted molar refractivity (Wildman–Crippen MR) is 133 cm³/mol. The molecule has 0 spiro atoms. The Bertz CT molecular complexity index is 1310. The van der Waals surface area contributed by atoms with Gasteiger partial charge in [0.15, 0.2) is 0 Å². The Morgan fingerprint density at radius 1 is 0.969 bits per heavy atom. The van der Waals surface area contributed by atoms with Crippen LogP contribution in [0.25, 0.3) is 22.2 Å². The van der Waals surface area contributed by atoms with Gasteiger partial charge in [0, 0.05) is 22.9 Å². The fourth-order valence-corrected chi connectivity index (χ4v) is 4.70. The molecule has 162 valence electrons. The lowest BCUT2D eigenvalue weighted by Gasteiger charge is -2.12. The van der Waals surface area contributed by atoms with Gasteiger partial charge < -0.3 is 5.32 Å². The van der Waals surface area contributed by atoms with E-state index in [2.05, 4.69) is 17.4 Å². The molecule has 4 aromatic rings. The normalized spacial score (nSPS) is 11.4. The van der Waals surface area contributed by atoms with E-state index in [0.29, 0.717) is 5.69 Å². The summed E-state index contributed by atoms with van der Waals surface area (Å²) in [7, 11) is 1.84. The van der Waals surface area contributed by atoms with Gasteiger partial charge in [-0.15, -0.1) is 11.3 Å². The number of nitrogens with one attached hydrogen (secondary N) is 1. The van der Waals surface area contributed by atoms with Gasteiger partial charge in [0.2, 0.25) is 5.91 Å². The Morgan fingerprint density at radius 2 is 1.62 bits per heavy atom. The van der Waals surface area contributed by atoms with Crippen LogP contribution >= 0.6 is 11.3 Å². The standard InChI is InChI=1S/C26H25N3O2S/c1-18(2)25-24(26(31)29(28(25)3)20-12-8-5-9-13-20)27-23(30)17-15-21-14-16-22(32-21)19-10-6-4-7-11-19/h4-18H,1-3H3,(H,27,30). The maximum Gasteiger partial charge on any atom is 0.295 e. The molecule has 0 unspecified atom stereocenters. The second-order valence-corrected chi connectivity index (χ2v) is 8.90. The minimum absolute atomic E-state index is 0.0580. The van der Waals surface area contributed by atoms with Gasteiger partial charge in [0.25, 0.3) is 5.56 Å². The van der Waals surface area contributed by atoms with E-state index in [4.69, 9.17) is 0 Å². The molecule has 1 N–H and O–H groups in total. The highest BCUT2D eigenvalue weighted by molar-refractivity contribution is 7.16. The van der Waals surface area contributed by atoms with Crippen molar-refractivity contribution in [2.75, 3.05) is 5.32 Å². The van der Waals surface area contributed by atoms with Crippen molar-refractivity contribution in [3.05, 3.63) is 99.8 Å². The molecule has 0 bridgehead atoms. The summed E-state index contributed by atoms with van der Waals surface area (Å²) in [6.07, 6.45) is 3.25. The topological polar surface area (TPSA) is 56.0 Å². The van der Waals surface area contributed by atoms with Crippen molar-refractivity contribution in [1.29, 1.82) is 0 Å². The Morgan fingerprint density at radius 3 is 2.28 bits per heavy atom. The zero-order chi connectivity index (χ0) is 22.7. The Kier molecular flexibility index (Phi) is 6.23. The molecular formula is C26H25N3O2S. The Labute approximate surface area is 191 Å². The molecule has 2 heterocycles. The first-order chi connectivity index (χ1) is 15.5. The molecule has 32 heavy (non-hydrogen) atoms. The number of rotatable bonds is 6. The predicted octanol–water partition coefficient (Wildman–Crippen LogP) is 5.68. The summed E-state index contributed by atoms with van der Waals surface area (Å²) in [6.45, 7) is 4.01. The molecule has 0 radical (unpaired) electrons. The zero-order valence-corrected chi connectivity index (χ0v) is 19.1. The number of carbonyl (C=O) groups is 1. The van der Waals surface area contributed by atoms with Gasteiger partial charge in [-0.25, -0.2) is 4.68 Å². The summed E-state index contributed by atoms with van der Waals surface area (Å²) in [5.74, 6) is -0.271. The second kappa shape index (κ2) is 9.24. The maximum absolute atomic E-state index is 13.2. The highest BCUT2D eigenvalue weighted by Gasteiger charge is 2.22. The first-order valence-corrected chi connectivity index (χ1v) is 11.3. The molecule has 4 rings (SSSR count). The van der Waals surface area contributed by atoms with Crippen LogP contribution < -0.4 is 10.9 Å². The number of carbonyl (C=O) groups excluding carboxylic acids is 1. The maximum atomic E-state index is 13.2. The third kappa shape index (κ3) is 4.36. The largest absolute Gasteiger partial charge is 0.316 e. The Hall–Kier alpha value is -3.64. The summed E-state index contributed by atoms with van der Waals surface area (Å²) < 4.78 is 3.40. The van der Waals surface area contributed by atoms with Crippen molar-refractivity contribution >= 4 is 29.0 Å². The molecule has 0 fully saturated rings. The quantitative estimate of drug-likeness (QED) is 0.390. The van der Waals surface area contributed by atoms with E-state index >= 15 is 0 Å². The molecule has 0 saturated heterocycles. The molecule has 1 amide bonds. The first-order valence-electron chi connectivity index (χ1n) is 10.5. The third-order valence-electron chi connectivity index (χ3n) is 5.19. The van der Waals surface area contributed by atoms with Crippen LogP contribution in [-0.2, 0) is 11.8 Å². The van der Waals surface area contributed by atoms with Crippen LogP contribution in [0, 0.1) is 0 Å². The lowest BCUT2D eigenvalue weighted by molar-refractivity contribution is -0.111. The number of hydrogen-bond donors (Lipinski definition) is 1. The summed E-state index contributed by atoms with van der Waals surface area (Å²) in [5.41, 5.74) is 2.76. The highest BCUT2D eigenvalue weighted by Crippen LogP contribution is 2.28. The van der Waals surface area contributed by atoms with E-state index in [9.17, 15) is 9.59 Å². The van der Waals surface area contributed by atoms with Crippen LogP contribution in [0.4, 0.5) is 5.69 Å². The van der Waals surface area contributed by atoms with Gasteiger partial charge in [-0.1, -0.05) is 62.4 Å². The number of aromatic nitrogens is 2. The van der Waals surface area contributed by atoms with Gasteiger partial charge in [-0.2, -0.15) is 0 Å². The lowest BCUT2D eigenvalue weighted by atomic mass is 10.1. The van der Waals surface area contributed by atoms with Gasteiger partial charge in [-0.3, -0.25) is 14.3 Å². The number of nitrogens with zero attached hydrogens (tertiary/aromatic N) is 2. The van der Waals surface area contributed by atoms with Crippen LogP contribution in [0.3, 0.4) is 0 Å². The number of amides is 1. The first kappa shape index (κ1) is 21.6. The van der Waals surface area contributed by atoms with Crippen molar-refractivity contribution in [3.63, 3.8) is 0 Å². The minimum Gasteiger partial charge on any atom is -0.316 e. The van der Waals surface area contributed by atoms with Gasteiger partial charge in [0.05, 0.1) is 11.4 Å². The van der Waals surface area contributed by atoms with Crippen LogP contribution in [-0.4, -0.2) is 15.3 Å². The minimum atomic E-state index is -0.329. The van der Waals surface area contributed by atoms with E-state index in [0.717, 1.165) is 26.7 Å². The van der Waals surface area contributed by atoms with Crippen molar-refractivity contribution in [1.82, 2.24) is 9.36 Å². The van der Waals surface area contributed by atoms with Gasteiger partial charge in [-0.05, 0) is 41.8 Å². The molecule has 0 atom stereocenters. The van der Waals surface area contributed by atoms with Crippen LogP contribution in [0.15, 0.2) is 83.7 Å². The average Bonchev–Trinajstić information content (AvgIpc) is 3.36. The lowest BCUT2D eigenvalue weighted by Crippen LogP contribution is -2.22. The fraction of sp³-hybridized carbons (Fsp3) is 0.154. The molecule has 0 aliphatic carbocycles. The van der Waals surface area contributed by atoms with Crippen LogP contribution in [0.1, 0.15) is 30.3 Å². The second-order valence-electron chi connectivity index (χ2n) is 7.78. The molecule has 0 saturated carbocycles. The van der Waals surface area contributed by atoms with E-state index < -0.39 is 0 Å². The number of thiophene rings is 1. The molecular weight excluding hydrogens is 418 g/mol. The highest BCUT2D eigenvalue weighted by atomic mass is 32.1. The average molecular weight is 444 g/mol. The van der Waals surface area contributed by atoms with Crippen molar-refractivity contribution in [2.24, 2.45) is 7.05 Å². The number of anilines is 1. The van der Waals surface area contributed by atoms with E-state index in [1.54, 1.807) is 22.1 Å². The van der Waals surface area contributed by atoms with Crippen LogP contribution in [0.5, 0.6) is 0 Å². The smallest absolute Gasteiger partial charge is 0.295 e. The summed E-state index contributed by atoms with van der Waals surface area (Å²) in [5, 5.41) is 2.82. The molecule has 6 heteroatoms. The SMILES string of the molecule is CC(C)c1c(NC(=O)C=Cc2ccc(-c3ccccc3)s2)c(=O)n(-c2ccccc2)n1C. The van der Waals surface area contributed by atoms with Crippen molar-refractivity contribution in [3.8, 4) is 16.1 Å². The molecule has 5 nitrogen and oxygen atoms in total. The van der Waals surface area contributed by atoms with Crippen molar-refractivity contribution in [2.45, 2.75) is 19.8 Å². The number of benzene rings is 2. The summed E-state index contributed by atoms with van der Waals surface area (Å²) >= 11 is 1.61. The van der Waals surface area contributed by atoms with E-state index in [-0.39, 0.29) is 17.4 Å². The molecule has 0 aliphatic rings. The van der Waals surface area contributed by atoms with Gasteiger partial charge in [0.1, 0.15) is 5.69 Å². The monoisotopic (exact) mass is 443 g/mol. The number of para-hydroxylation sites is 1. The summed E-state index contributed by atoms with van der Waals surface area (Å²) in [6, 6.07) is 23.6. The molecule has 2 aromatic carbocycles. The van der Waals surface area contributed by atoms with E-state index in [1.165, 1.54) is 6.08 Å². The van der Waals surface area contributed by atoms with E-state index in [1.807, 2.05) is 86.2 Å². The number of hydrogen-bond acceptors (Lipinski definition) is 3. The zero-order valence-electron chi connectivity index (χ0n) is 18.3. The Balaban J connectivity index is 1.58. The third-order valence-corrected chi connectivity index (χ3v) is 6.29. The van der Waals surface area contributed by atoms with Crippen LogP contribution in [0.2, 0.25) is 0 Å². The van der Waals surface area contributed by atoms with Crippen molar-refractivity contribution < 1.29 is 4.79 Å². The molecule has 0 aliphatic heterocycles. The summed E-state index contributed by atoms with van der Waals surface area (Å²) in [4.78, 5) is 28.0. The fourth-order valence-electron chi connectivity index (χ4n) is 3.78.